The molecule has 0 saturated carbocycles. The number of hydrogen-bond acceptors (Lipinski definition) is 3. The summed E-state index contributed by atoms with van der Waals surface area (Å²) in [6, 6.07) is 7.77. The van der Waals surface area contributed by atoms with Gasteiger partial charge >= 0.3 is 0 Å². The van der Waals surface area contributed by atoms with Gasteiger partial charge in [-0.1, -0.05) is 0 Å². The molecule has 0 bridgehead atoms. The Morgan fingerprint density at radius 3 is 2.79 bits per heavy atom. The highest BCUT2D eigenvalue weighted by atomic mass is 79.9. The molecule has 0 saturated heterocycles. The number of phenolic OH excluding ortho intramolecular Hbond substituents is 1. The number of rotatable bonds is 1. The SMILES string of the molecule is Nc1cc(-c2nc3cc(Br)c(F)cc3[nH]2)ccc1O. The Morgan fingerprint density at radius 1 is 1.26 bits per heavy atom. The number of imidazole rings is 1. The van der Waals surface area contributed by atoms with Crippen LogP contribution in [0, 0.1) is 5.82 Å². The number of aromatic amines is 1. The normalized spacial score (nSPS) is 11.1. The Labute approximate surface area is 116 Å². The lowest BCUT2D eigenvalue weighted by Gasteiger charge is -2.00. The maximum Gasteiger partial charge on any atom is 0.139 e. The first-order valence-electron chi connectivity index (χ1n) is 5.48. The molecule has 1 heterocycles. The van der Waals surface area contributed by atoms with Crippen molar-refractivity contribution in [3.05, 3.63) is 40.6 Å². The van der Waals surface area contributed by atoms with E-state index in [9.17, 15) is 9.50 Å². The number of fused-ring (bicyclic) bond motifs is 1. The van der Waals surface area contributed by atoms with Gasteiger partial charge in [0.2, 0.25) is 0 Å². The van der Waals surface area contributed by atoms with Gasteiger partial charge in [-0.3, -0.25) is 0 Å². The third kappa shape index (κ3) is 2.04. The lowest BCUT2D eigenvalue weighted by molar-refractivity contribution is 0.478. The second kappa shape index (κ2) is 4.24. The first kappa shape index (κ1) is 12.0. The summed E-state index contributed by atoms with van der Waals surface area (Å²) >= 11 is 3.12. The number of aromatic hydroxyl groups is 1. The van der Waals surface area contributed by atoms with Gasteiger partial charge in [0.05, 0.1) is 21.2 Å². The van der Waals surface area contributed by atoms with Crippen molar-refractivity contribution in [1.29, 1.82) is 0 Å². The maximum absolute atomic E-state index is 13.4. The van der Waals surface area contributed by atoms with Gasteiger partial charge < -0.3 is 15.8 Å². The van der Waals surface area contributed by atoms with Crippen LogP contribution in [-0.2, 0) is 0 Å². The number of anilines is 1. The minimum Gasteiger partial charge on any atom is -0.506 e. The van der Waals surface area contributed by atoms with Crippen LogP contribution in [-0.4, -0.2) is 15.1 Å². The van der Waals surface area contributed by atoms with Crippen LogP contribution in [0.2, 0.25) is 0 Å². The number of nitrogens with zero attached hydrogens (tertiary/aromatic N) is 1. The Bertz CT molecular complexity index is 746. The fraction of sp³-hybridized carbons (Fsp3) is 0. The van der Waals surface area contributed by atoms with Crippen LogP contribution in [0.1, 0.15) is 0 Å². The molecule has 19 heavy (non-hydrogen) atoms. The standard InChI is InChI=1S/C13H9BrFN3O/c14-7-4-10-11(5-8(7)15)18-13(17-10)6-1-2-12(19)9(16)3-6/h1-5,19H,16H2,(H,17,18). The second-order valence-corrected chi connectivity index (χ2v) is 5.00. The average Bonchev–Trinajstić information content (AvgIpc) is 2.76. The van der Waals surface area contributed by atoms with Crippen molar-refractivity contribution in [3.63, 3.8) is 0 Å². The Hall–Kier alpha value is -2.08. The van der Waals surface area contributed by atoms with Crippen LogP contribution in [0.5, 0.6) is 5.75 Å². The molecule has 96 valence electrons. The van der Waals surface area contributed by atoms with Crippen LogP contribution < -0.4 is 5.73 Å². The van der Waals surface area contributed by atoms with Crippen molar-refractivity contribution in [2.45, 2.75) is 0 Å². The van der Waals surface area contributed by atoms with Gasteiger partial charge in [0.1, 0.15) is 17.4 Å². The number of nitrogens with two attached hydrogens (primary N) is 1. The summed E-state index contributed by atoms with van der Waals surface area (Å²) in [7, 11) is 0. The molecule has 0 aliphatic carbocycles. The lowest BCUT2D eigenvalue weighted by atomic mass is 10.2. The molecule has 6 heteroatoms. The number of benzene rings is 2. The van der Waals surface area contributed by atoms with Gasteiger partial charge in [-0.2, -0.15) is 0 Å². The molecule has 0 atom stereocenters. The third-order valence-electron chi connectivity index (χ3n) is 2.82. The highest BCUT2D eigenvalue weighted by Gasteiger charge is 2.09. The molecule has 1 aromatic heterocycles. The van der Waals surface area contributed by atoms with Gasteiger partial charge in [0, 0.05) is 11.6 Å². The minimum absolute atomic E-state index is 0.0219. The molecule has 4 nitrogen and oxygen atoms in total. The zero-order chi connectivity index (χ0) is 13.6. The fourth-order valence-electron chi connectivity index (χ4n) is 1.84. The molecule has 3 aromatic rings. The molecular weight excluding hydrogens is 313 g/mol. The van der Waals surface area contributed by atoms with Crippen molar-refractivity contribution in [2.24, 2.45) is 0 Å². The first-order valence-corrected chi connectivity index (χ1v) is 6.27. The topological polar surface area (TPSA) is 74.9 Å². The average molecular weight is 322 g/mol. The van der Waals surface area contributed by atoms with Crippen molar-refractivity contribution in [3.8, 4) is 17.1 Å². The Balaban J connectivity index is 2.17. The van der Waals surface area contributed by atoms with E-state index in [0.717, 1.165) is 5.56 Å². The van der Waals surface area contributed by atoms with E-state index in [0.29, 0.717) is 21.3 Å². The van der Waals surface area contributed by atoms with E-state index in [-0.39, 0.29) is 17.3 Å². The highest BCUT2D eigenvalue weighted by molar-refractivity contribution is 9.10. The largest absolute Gasteiger partial charge is 0.506 e. The van der Waals surface area contributed by atoms with Gasteiger partial charge in [0.25, 0.3) is 0 Å². The van der Waals surface area contributed by atoms with E-state index in [2.05, 4.69) is 25.9 Å². The van der Waals surface area contributed by atoms with Crippen LogP contribution in [0.4, 0.5) is 10.1 Å². The monoisotopic (exact) mass is 321 g/mol. The summed E-state index contributed by atoms with van der Waals surface area (Å²) in [4.78, 5) is 7.38. The summed E-state index contributed by atoms with van der Waals surface area (Å²) in [6.45, 7) is 0. The molecule has 0 unspecified atom stereocenters. The van der Waals surface area contributed by atoms with Crippen molar-refractivity contribution < 1.29 is 9.50 Å². The number of aromatic nitrogens is 2. The number of H-pyrrole nitrogens is 1. The van der Waals surface area contributed by atoms with Crippen LogP contribution in [0.15, 0.2) is 34.8 Å². The highest BCUT2D eigenvalue weighted by Crippen LogP contribution is 2.28. The van der Waals surface area contributed by atoms with E-state index in [1.54, 1.807) is 18.2 Å². The zero-order valence-electron chi connectivity index (χ0n) is 9.61. The molecule has 4 N–H and O–H groups in total. The Morgan fingerprint density at radius 2 is 2.05 bits per heavy atom. The number of halogens is 2. The van der Waals surface area contributed by atoms with Gasteiger partial charge in [-0.05, 0) is 40.2 Å². The third-order valence-corrected chi connectivity index (χ3v) is 3.43. The molecule has 0 spiro atoms. The summed E-state index contributed by atoms with van der Waals surface area (Å²) in [5.41, 5.74) is 7.88. The molecule has 0 fully saturated rings. The van der Waals surface area contributed by atoms with Crippen LogP contribution in [0.3, 0.4) is 0 Å². The van der Waals surface area contributed by atoms with E-state index in [1.165, 1.54) is 12.1 Å². The summed E-state index contributed by atoms with van der Waals surface area (Å²) < 4.78 is 13.8. The molecular formula is C13H9BrFN3O. The number of phenols is 1. The van der Waals surface area contributed by atoms with Crippen LogP contribution in [0.25, 0.3) is 22.4 Å². The fourth-order valence-corrected chi connectivity index (χ4v) is 2.17. The quantitative estimate of drug-likeness (QED) is 0.475. The predicted octanol–water partition coefficient (Wildman–Crippen LogP) is 3.42. The van der Waals surface area contributed by atoms with Crippen LogP contribution >= 0.6 is 15.9 Å². The van der Waals surface area contributed by atoms with Crippen molar-refractivity contribution >= 4 is 32.7 Å². The number of nitrogens with one attached hydrogen (secondary N) is 1. The lowest BCUT2D eigenvalue weighted by Crippen LogP contribution is -1.87. The molecule has 3 rings (SSSR count). The van der Waals surface area contributed by atoms with Gasteiger partial charge in [0.15, 0.2) is 0 Å². The zero-order valence-corrected chi connectivity index (χ0v) is 11.2. The Kier molecular flexibility index (Phi) is 2.67. The molecule has 2 aromatic carbocycles. The number of hydrogen-bond donors (Lipinski definition) is 3. The van der Waals surface area contributed by atoms with E-state index in [4.69, 9.17) is 5.73 Å². The van der Waals surface area contributed by atoms with Crippen molar-refractivity contribution in [2.75, 3.05) is 5.73 Å². The summed E-state index contributed by atoms with van der Waals surface area (Å²) in [5.74, 6) is 0.237. The smallest absolute Gasteiger partial charge is 0.139 e. The minimum atomic E-state index is -0.354. The summed E-state index contributed by atoms with van der Waals surface area (Å²) in [5, 5.41) is 9.39. The predicted molar refractivity (Wildman–Crippen MR) is 75.3 cm³/mol. The van der Waals surface area contributed by atoms with Gasteiger partial charge in [-0.15, -0.1) is 0 Å². The first-order chi connectivity index (χ1) is 9.04. The second-order valence-electron chi connectivity index (χ2n) is 4.14. The summed E-state index contributed by atoms with van der Waals surface area (Å²) in [6.07, 6.45) is 0. The maximum atomic E-state index is 13.4. The van der Waals surface area contributed by atoms with Crippen molar-refractivity contribution in [1.82, 2.24) is 9.97 Å². The number of nitrogen functional groups attached to an aromatic ring is 1. The van der Waals surface area contributed by atoms with E-state index >= 15 is 0 Å². The van der Waals surface area contributed by atoms with Gasteiger partial charge in [-0.25, -0.2) is 9.37 Å². The molecule has 0 amide bonds. The molecule has 0 aliphatic heterocycles. The van der Waals surface area contributed by atoms with E-state index in [1.807, 2.05) is 0 Å². The van der Waals surface area contributed by atoms with E-state index < -0.39 is 0 Å². The molecule has 0 aliphatic rings. The molecule has 0 radical (unpaired) electrons.